The highest BCUT2D eigenvalue weighted by molar-refractivity contribution is 5.79. The molecule has 136 valence electrons. The molecule has 26 heavy (non-hydrogen) atoms. The van der Waals surface area contributed by atoms with E-state index in [1.54, 1.807) is 6.07 Å². The number of hydrogen-bond donors (Lipinski definition) is 2. The van der Waals surface area contributed by atoms with Crippen LogP contribution in [0.25, 0.3) is 17.1 Å². The number of hydrogen-bond acceptors (Lipinski definition) is 5. The van der Waals surface area contributed by atoms with Crippen LogP contribution in [0.3, 0.4) is 0 Å². The molecule has 1 aromatic carbocycles. The van der Waals surface area contributed by atoms with E-state index in [4.69, 9.17) is 0 Å². The van der Waals surface area contributed by atoms with Crippen molar-refractivity contribution in [3.63, 3.8) is 0 Å². The number of nitrogens with zero attached hydrogens (tertiary/aromatic N) is 4. The van der Waals surface area contributed by atoms with Gasteiger partial charge in [0, 0.05) is 24.0 Å². The number of benzene rings is 1. The van der Waals surface area contributed by atoms with Crippen LogP contribution in [0.15, 0.2) is 29.7 Å². The standard InChI is InChI=1S/C19H22FN5O/c1-12-8-16(19-22-11-23-24-19)17(20)9-15(12)18-10-25(7-6-21-18)13-2-4-14(26)5-3-13/h6,8-11,13-14,26H,2-5,7H2,1H3,(H,22,23,24)/t13-,14-. The van der Waals surface area contributed by atoms with Crippen molar-refractivity contribution in [2.24, 2.45) is 4.99 Å². The van der Waals surface area contributed by atoms with Crippen LogP contribution in [-0.2, 0) is 0 Å². The van der Waals surface area contributed by atoms with Gasteiger partial charge >= 0.3 is 0 Å². The maximum Gasteiger partial charge on any atom is 0.183 e. The molecular formula is C19H22FN5O. The molecule has 1 fully saturated rings. The molecule has 0 atom stereocenters. The molecule has 1 aliphatic carbocycles. The molecule has 2 N–H and O–H groups in total. The monoisotopic (exact) mass is 355 g/mol. The van der Waals surface area contributed by atoms with E-state index in [1.807, 2.05) is 19.3 Å². The summed E-state index contributed by atoms with van der Waals surface area (Å²) in [6, 6.07) is 3.68. The minimum Gasteiger partial charge on any atom is -0.393 e. The van der Waals surface area contributed by atoms with Gasteiger partial charge in [0.2, 0.25) is 0 Å². The van der Waals surface area contributed by atoms with E-state index in [0.717, 1.165) is 49.1 Å². The van der Waals surface area contributed by atoms with Crippen LogP contribution in [0.2, 0.25) is 0 Å². The lowest BCUT2D eigenvalue weighted by Crippen LogP contribution is -2.37. The lowest BCUT2D eigenvalue weighted by molar-refractivity contribution is 0.0952. The van der Waals surface area contributed by atoms with Crippen molar-refractivity contribution >= 4 is 11.9 Å². The van der Waals surface area contributed by atoms with Crippen molar-refractivity contribution in [1.29, 1.82) is 0 Å². The van der Waals surface area contributed by atoms with E-state index >= 15 is 0 Å². The highest BCUT2D eigenvalue weighted by atomic mass is 19.1. The number of halogens is 1. The van der Waals surface area contributed by atoms with Gasteiger partial charge in [0.15, 0.2) is 5.82 Å². The highest BCUT2D eigenvalue weighted by Gasteiger charge is 2.25. The number of nitrogens with one attached hydrogen (secondary N) is 1. The zero-order chi connectivity index (χ0) is 18.1. The summed E-state index contributed by atoms with van der Waals surface area (Å²) in [7, 11) is 0. The van der Waals surface area contributed by atoms with Crippen molar-refractivity contribution in [2.75, 3.05) is 6.54 Å². The minimum absolute atomic E-state index is 0.173. The number of H-pyrrole nitrogens is 1. The fourth-order valence-corrected chi connectivity index (χ4v) is 3.73. The normalized spacial score (nSPS) is 23.2. The molecule has 2 aliphatic rings. The van der Waals surface area contributed by atoms with Gasteiger partial charge in [-0.3, -0.25) is 10.1 Å². The predicted octanol–water partition coefficient (Wildman–Crippen LogP) is 2.91. The Balaban J connectivity index is 1.62. The largest absolute Gasteiger partial charge is 0.393 e. The summed E-state index contributed by atoms with van der Waals surface area (Å²) in [6.07, 6.45) is 8.77. The quantitative estimate of drug-likeness (QED) is 0.887. The number of aliphatic hydroxyl groups excluding tert-OH is 1. The average molecular weight is 355 g/mol. The zero-order valence-corrected chi connectivity index (χ0v) is 14.7. The lowest BCUT2D eigenvalue weighted by atomic mass is 9.92. The Morgan fingerprint density at radius 2 is 2.00 bits per heavy atom. The van der Waals surface area contributed by atoms with Crippen molar-refractivity contribution in [3.05, 3.63) is 41.6 Å². The Labute approximate surface area is 151 Å². The first-order chi connectivity index (χ1) is 12.6. The Bertz CT molecular complexity index is 838. The van der Waals surface area contributed by atoms with Gasteiger partial charge in [-0.05, 0) is 50.3 Å². The van der Waals surface area contributed by atoms with E-state index in [0.29, 0.717) is 17.4 Å². The van der Waals surface area contributed by atoms with E-state index in [9.17, 15) is 9.50 Å². The third-order valence-corrected chi connectivity index (χ3v) is 5.19. The second-order valence-electron chi connectivity index (χ2n) is 6.95. The van der Waals surface area contributed by atoms with Crippen LogP contribution < -0.4 is 0 Å². The Morgan fingerprint density at radius 3 is 2.73 bits per heavy atom. The molecular weight excluding hydrogens is 333 g/mol. The molecule has 0 amide bonds. The summed E-state index contributed by atoms with van der Waals surface area (Å²) in [4.78, 5) is 10.8. The Hall–Kier alpha value is -2.54. The number of rotatable bonds is 3. The van der Waals surface area contributed by atoms with Crippen molar-refractivity contribution in [3.8, 4) is 11.4 Å². The molecule has 4 rings (SSSR count). The van der Waals surface area contributed by atoms with Gasteiger partial charge in [0.05, 0.1) is 23.9 Å². The third kappa shape index (κ3) is 3.26. The molecule has 7 heteroatoms. The fourth-order valence-electron chi connectivity index (χ4n) is 3.73. The molecule has 0 saturated heterocycles. The predicted molar refractivity (Wildman–Crippen MR) is 98.0 cm³/mol. The summed E-state index contributed by atoms with van der Waals surface area (Å²) < 4.78 is 14.6. The molecule has 1 aromatic heterocycles. The van der Waals surface area contributed by atoms with Crippen molar-refractivity contribution in [2.45, 2.75) is 44.8 Å². The number of aliphatic imine (C=N–C) groups is 1. The Kier molecular flexibility index (Phi) is 4.55. The van der Waals surface area contributed by atoms with E-state index in [-0.39, 0.29) is 11.9 Å². The van der Waals surface area contributed by atoms with Gasteiger partial charge in [0.25, 0.3) is 0 Å². The van der Waals surface area contributed by atoms with Crippen molar-refractivity contribution in [1.82, 2.24) is 20.1 Å². The second kappa shape index (κ2) is 6.99. The van der Waals surface area contributed by atoms with Crippen LogP contribution in [-0.4, -0.2) is 50.1 Å². The molecule has 1 saturated carbocycles. The molecule has 1 aliphatic heterocycles. The van der Waals surface area contributed by atoms with E-state index in [2.05, 4.69) is 25.1 Å². The molecule has 2 aromatic rings. The van der Waals surface area contributed by atoms with Gasteiger partial charge in [-0.25, -0.2) is 9.37 Å². The van der Waals surface area contributed by atoms with Crippen LogP contribution in [0.5, 0.6) is 0 Å². The van der Waals surface area contributed by atoms with Gasteiger partial charge in [-0.1, -0.05) is 0 Å². The average Bonchev–Trinajstić information content (AvgIpc) is 3.18. The SMILES string of the molecule is Cc1cc(-c2nc[nH]n2)c(F)cc1C1=CN([C@H]2CC[C@H](O)CC2)CC=N1. The van der Waals surface area contributed by atoms with Crippen LogP contribution in [0.1, 0.15) is 36.8 Å². The first kappa shape index (κ1) is 16.9. The molecule has 2 heterocycles. The number of aryl methyl sites for hydroxylation is 1. The molecule has 0 radical (unpaired) electrons. The van der Waals surface area contributed by atoms with Crippen LogP contribution >= 0.6 is 0 Å². The summed E-state index contributed by atoms with van der Waals surface area (Å²) in [6.45, 7) is 2.69. The number of aromatic nitrogens is 3. The summed E-state index contributed by atoms with van der Waals surface area (Å²) in [5.74, 6) is -0.0140. The summed E-state index contributed by atoms with van der Waals surface area (Å²) in [5, 5.41) is 16.3. The smallest absolute Gasteiger partial charge is 0.183 e. The Morgan fingerprint density at radius 1 is 1.19 bits per heavy atom. The molecule has 6 nitrogen and oxygen atoms in total. The van der Waals surface area contributed by atoms with Crippen LogP contribution in [0.4, 0.5) is 4.39 Å². The summed E-state index contributed by atoms with van der Waals surface area (Å²) >= 11 is 0. The molecule has 0 spiro atoms. The maximum atomic E-state index is 14.6. The third-order valence-electron chi connectivity index (χ3n) is 5.19. The number of aromatic amines is 1. The maximum absolute atomic E-state index is 14.6. The highest BCUT2D eigenvalue weighted by Crippen LogP contribution is 2.31. The number of aliphatic hydroxyl groups is 1. The van der Waals surface area contributed by atoms with E-state index < -0.39 is 0 Å². The lowest BCUT2D eigenvalue weighted by Gasteiger charge is -2.35. The van der Waals surface area contributed by atoms with E-state index in [1.165, 1.54) is 12.4 Å². The summed E-state index contributed by atoms with van der Waals surface area (Å²) in [5.41, 5.74) is 2.85. The molecule has 0 bridgehead atoms. The first-order valence-corrected chi connectivity index (χ1v) is 8.96. The van der Waals surface area contributed by atoms with Gasteiger partial charge in [-0.15, -0.1) is 0 Å². The van der Waals surface area contributed by atoms with Gasteiger partial charge < -0.3 is 10.0 Å². The zero-order valence-electron chi connectivity index (χ0n) is 14.7. The first-order valence-electron chi connectivity index (χ1n) is 8.96. The van der Waals surface area contributed by atoms with Gasteiger partial charge in [-0.2, -0.15) is 5.10 Å². The fraction of sp³-hybridized carbons (Fsp3) is 0.421. The van der Waals surface area contributed by atoms with Crippen LogP contribution in [0, 0.1) is 12.7 Å². The van der Waals surface area contributed by atoms with Crippen molar-refractivity contribution < 1.29 is 9.50 Å². The topological polar surface area (TPSA) is 77.4 Å². The molecule has 0 unspecified atom stereocenters. The van der Waals surface area contributed by atoms with Gasteiger partial charge in [0.1, 0.15) is 12.1 Å². The second-order valence-corrected chi connectivity index (χ2v) is 6.95. The minimum atomic E-state index is -0.362.